The van der Waals surface area contributed by atoms with Crippen LogP contribution in [-0.4, -0.2) is 54.6 Å². The number of hydrogen-bond donors (Lipinski definition) is 0. The smallest absolute Gasteiger partial charge is 0.340 e. The van der Waals surface area contributed by atoms with Crippen LogP contribution in [-0.2, 0) is 27.4 Å². The highest BCUT2D eigenvalue weighted by Gasteiger charge is 2.36. The lowest BCUT2D eigenvalue weighted by molar-refractivity contribution is -0.385. The summed E-state index contributed by atoms with van der Waals surface area (Å²) in [6.07, 6.45) is -4.97. The fourth-order valence-electron chi connectivity index (χ4n) is 3.31. The van der Waals surface area contributed by atoms with E-state index in [-0.39, 0.29) is 48.9 Å². The van der Waals surface area contributed by atoms with Crippen molar-refractivity contribution in [3.63, 3.8) is 0 Å². The van der Waals surface area contributed by atoms with E-state index in [0.29, 0.717) is 12.1 Å². The van der Waals surface area contributed by atoms with Crippen LogP contribution in [0.1, 0.15) is 11.1 Å². The van der Waals surface area contributed by atoms with Crippen molar-refractivity contribution in [3.05, 3.63) is 68.7 Å². The molecule has 0 aliphatic carbocycles. The number of nitro groups is 1. The SMILES string of the molecule is O=C(Cc1ccccc1[N+](=O)[O-])N1CCN(S(=O)(=O)c2cc(C(F)(F)F)ccc2Cl)CC1. The van der Waals surface area contributed by atoms with Crippen LogP contribution in [0.2, 0.25) is 5.02 Å². The Kier molecular flexibility index (Phi) is 6.77. The molecule has 0 saturated carbocycles. The minimum atomic E-state index is -4.74. The second kappa shape index (κ2) is 9.04. The lowest BCUT2D eigenvalue weighted by atomic mass is 10.1. The number of piperazine rings is 1. The Morgan fingerprint density at radius 2 is 1.72 bits per heavy atom. The highest BCUT2D eigenvalue weighted by atomic mass is 35.5. The van der Waals surface area contributed by atoms with E-state index >= 15 is 0 Å². The summed E-state index contributed by atoms with van der Waals surface area (Å²) in [6, 6.07) is 7.86. The molecule has 1 saturated heterocycles. The number of sulfonamides is 1. The molecule has 0 spiro atoms. The first-order valence-electron chi connectivity index (χ1n) is 9.28. The van der Waals surface area contributed by atoms with E-state index in [1.807, 2.05) is 0 Å². The summed E-state index contributed by atoms with van der Waals surface area (Å²) in [5, 5.41) is 10.8. The van der Waals surface area contributed by atoms with E-state index in [4.69, 9.17) is 11.6 Å². The molecule has 13 heteroatoms. The van der Waals surface area contributed by atoms with Crippen LogP contribution in [0.3, 0.4) is 0 Å². The van der Waals surface area contributed by atoms with Crippen LogP contribution in [0.25, 0.3) is 0 Å². The van der Waals surface area contributed by atoms with Crippen molar-refractivity contribution < 1.29 is 31.3 Å². The molecule has 0 bridgehead atoms. The number of carbonyl (C=O) groups excluding carboxylic acids is 1. The van der Waals surface area contributed by atoms with Crippen molar-refractivity contribution in [1.82, 2.24) is 9.21 Å². The molecular formula is C19H17ClF3N3O5S. The van der Waals surface area contributed by atoms with Gasteiger partial charge in [0.15, 0.2) is 0 Å². The molecule has 1 aliphatic heterocycles. The number of para-hydroxylation sites is 1. The number of hydrogen-bond acceptors (Lipinski definition) is 5. The monoisotopic (exact) mass is 491 g/mol. The first-order chi connectivity index (χ1) is 14.9. The summed E-state index contributed by atoms with van der Waals surface area (Å²) in [6.45, 7) is -0.348. The van der Waals surface area contributed by atoms with Gasteiger partial charge < -0.3 is 4.90 Å². The Hall–Kier alpha value is -2.70. The van der Waals surface area contributed by atoms with Gasteiger partial charge in [0.1, 0.15) is 4.90 Å². The normalized spacial score (nSPS) is 15.6. The Labute approximate surface area is 186 Å². The van der Waals surface area contributed by atoms with Gasteiger partial charge in [0.25, 0.3) is 5.69 Å². The summed E-state index contributed by atoms with van der Waals surface area (Å²) in [5.41, 5.74) is -1.10. The molecule has 1 amide bonds. The number of amides is 1. The second-order valence-electron chi connectivity index (χ2n) is 6.99. The summed E-state index contributed by atoms with van der Waals surface area (Å²) in [5.74, 6) is -0.423. The third-order valence-corrected chi connectivity index (χ3v) is 7.38. The zero-order chi connectivity index (χ0) is 23.7. The molecule has 2 aromatic carbocycles. The van der Waals surface area contributed by atoms with E-state index in [0.717, 1.165) is 10.4 Å². The quantitative estimate of drug-likeness (QED) is 0.471. The van der Waals surface area contributed by atoms with Crippen LogP contribution in [0.4, 0.5) is 18.9 Å². The Balaban J connectivity index is 1.72. The number of nitro benzene ring substituents is 1. The predicted octanol–water partition coefficient (Wildman–Crippen LogP) is 3.34. The average Bonchev–Trinajstić information content (AvgIpc) is 2.73. The van der Waals surface area contributed by atoms with Gasteiger partial charge in [-0.05, 0) is 18.2 Å². The van der Waals surface area contributed by atoms with Gasteiger partial charge in [-0.2, -0.15) is 17.5 Å². The number of carbonyl (C=O) groups is 1. The summed E-state index contributed by atoms with van der Waals surface area (Å²) < 4.78 is 65.7. The molecular weight excluding hydrogens is 475 g/mol. The summed E-state index contributed by atoms with van der Waals surface area (Å²) in [7, 11) is -4.33. The number of nitrogens with zero attached hydrogens (tertiary/aromatic N) is 3. The maximum atomic E-state index is 13.0. The van der Waals surface area contributed by atoms with E-state index in [9.17, 15) is 36.5 Å². The van der Waals surface area contributed by atoms with Crippen molar-refractivity contribution in [2.75, 3.05) is 26.2 Å². The number of rotatable bonds is 5. The molecule has 3 rings (SSSR count). The van der Waals surface area contributed by atoms with Crippen molar-refractivity contribution >= 4 is 33.2 Å². The van der Waals surface area contributed by atoms with Gasteiger partial charge in [-0.1, -0.05) is 29.8 Å². The molecule has 0 unspecified atom stereocenters. The maximum Gasteiger partial charge on any atom is 0.416 e. The van der Waals surface area contributed by atoms with Gasteiger partial charge in [-0.25, -0.2) is 8.42 Å². The molecule has 0 atom stereocenters. The zero-order valence-electron chi connectivity index (χ0n) is 16.4. The third kappa shape index (κ3) is 5.03. The van der Waals surface area contributed by atoms with Gasteiger partial charge in [0.2, 0.25) is 15.9 Å². The topological polar surface area (TPSA) is 101 Å². The third-order valence-electron chi connectivity index (χ3n) is 5.00. The second-order valence-corrected chi connectivity index (χ2v) is 9.30. The first-order valence-corrected chi connectivity index (χ1v) is 11.1. The Morgan fingerprint density at radius 3 is 2.31 bits per heavy atom. The highest BCUT2D eigenvalue weighted by Crippen LogP contribution is 2.34. The van der Waals surface area contributed by atoms with Crippen LogP contribution >= 0.6 is 11.6 Å². The fraction of sp³-hybridized carbons (Fsp3) is 0.316. The van der Waals surface area contributed by atoms with Gasteiger partial charge in [0, 0.05) is 37.8 Å². The molecule has 2 aromatic rings. The Morgan fingerprint density at radius 1 is 1.09 bits per heavy atom. The lowest BCUT2D eigenvalue weighted by Gasteiger charge is -2.34. The van der Waals surface area contributed by atoms with Crippen LogP contribution in [0.5, 0.6) is 0 Å². The van der Waals surface area contributed by atoms with Gasteiger partial charge in [-0.3, -0.25) is 14.9 Å². The number of halogens is 4. The van der Waals surface area contributed by atoms with Gasteiger partial charge >= 0.3 is 6.18 Å². The molecule has 32 heavy (non-hydrogen) atoms. The fourth-order valence-corrected chi connectivity index (χ4v) is 5.23. The minimum absolute atomic E-state index is 0.0186. The number of alkyl halides is 3. The van der Waals surface area contributed by atoms with Crippen LogP contribution < -0.4 is 0 Å². The minimum Gasteiger partial charge on any atom is -0.340 e. The van der Waals surface area contributed by atoms with Crippen molar-refractivity contribution in [1.29, 1.82) is 0 Å². The molecule has 8 nitrogen and oxygen atoms in total. The van der Waals surface area contributed by atoms with Crippen molar-refractivity contribution in [3.8, 4) is 0 Å². The molecule has 1 heterocycles. The van der Waals surface area contributed by atoms with Crippen LogP contribution in [0, 0.1) is 10.1 Å². The summed E-state index contributed by atoms with van der Waals surface area (Å²) >= 11 is 5.87. The Bertz CT molecular complexity index is 1150. The highest BCUT2D eigenvalue weighted by molar-refractivity contribution is 7.89. The molecule has 1 aliphatic rings. The lowest BCUT2D eigenvalue weighted by Crippen LogP contribution is -2.50. The largest absolute Gasteiger partial charge is 0.416 e. The standard InChI is InChI=1S/C19H17ClF3N3O5S/c20-15-6-5-14(19(21,22)23)12-17(15)32(30,31)25-9-7-24(8-10-25)18(27)11-13-3-1-2-4-16(13)26(28)29/h1-6,12H,7-11H2. The molecule has 1 fully saturated rings. The zero-order valence-corrected chi connectivity index (χ0v) is 18.0. The summed E-state index contributed by atoms with van der Waals surface area (Å²) in [4.78, 5) is 23.8. The maximum absolute atomic E-state index is 13.0. The number of benzene rings is 2. The van der Waals surface area contributed by atoms with Crippen molar-refractivity contribution in [2.24, 2.45) is 0 Å². The van der Waals surface area contributed by atoms with Gasteiger partial charge in [0.05, 0.1) is 21.9 Å². The van der Waals surface area contributed by atoms with E-state index < -0.39 is 37.5 Å². The van der Waals surface area contributed by atoms with E-state index in [1.165, 1.54) is 23.1 Å². The average molecular weight is 492 g/mol. The van der Waals surface area contributed by atoms with Gasteiger partial charge in [-0.15, -0.1) is 0 Å². The van der Waals surface area contributed by atoms with E-state index in [2.05, 4.69) is 0 Å². The predicted molar refractivity (Wildman–Crippen MR) is 109 cm³/mol. The van der Waals surface area contributed by atoms with Crippen molar-refractivity contribution in [2.45, 2.75) is 17.5 Å². The molecule has 0 radical (unpaired) electrons. The van der Waals surface area contributed by atoms with Crippen LogP contribution in [0.15, 0.2) is 47.4 Å². The molecule has 172 valence electrons. The first kappa shape index (κ1) is 24.0. The van der Waals surface area contributed by atoms with E-state index in [1.54, 1.807) is 6.07 Å². The molecule has 0 aromatic heterocycles. The molecule has 0 N–H and O–H groups in total.